The second kappa shape index (κ2) is 7.99. The van der Waals surface area contributed by atoms with Gasteiger partial charge in [-0.2, -0.15) is 0 Å². The third-order valence-electron chi connectivity index (χ3n) is 6.07. The van der Waals surface area contributed by atoms with Gasteiger partial charge in [0.15, 0.2) is 5.11 Å². The van der Waals surface area contributed by atoms with Gasteiger partial charge in [-0.3, -0.25) is 4.90 Å². The first-order valence-electron chi connectivity index (χ1n) is 10.0. The first-order chi connectivity index (χ1) is 13.1. The standard InChI is InChI=1S/C23H29N3S/c1-16-8-9-17(2)22(12-16)25-23(27)24-19-13-20-10-11-21(14-19)26(20)15-18-6-4-3-5-7-18/h3-9,12,19-21H,10-11,13-15H2,1-2H3,(H2,24,25,27)/t19?,20-,21+. The maximum Gasteiger partial charge on any atom is 0.171 e. The molecule has 2 fully saturated rings. The van der Waals surface area contributed by atoms with E-state index in [-0.39, 0.29) is 0 Å². The van der Waals surface area contributed by atoms with Crippen molar-refractivity contribution in [3.8, 4) is 0 Å². The third kappa shape index (κ3) is 4.33. The fourth-order valence-electron chi connectivity index (χ4n) is 4.66. The highest BCUT2D eigenvalue weighted by Gasteiger charge is 2.40. The van der Waals surface area contributed by atoms with E-state index in [2.05, 4.69) is 77.9 Å². The van der Waals surface area contributed by atoms with Crippen molar-refractivity contribution < 1.29 is 0 Å². The zero-order chi connectivity index (χ0) is 18.8. The molecule has 0 saturated carbocycles. The van der Waals surface area contributed by atoms with Gasteiger partial charge in [0.25, 0.3) is 0 Å². The minimum atomic E-state index is 0.472. The minimum absolute atomic E-state index is 0.472. The second-order valence-corrected chi connectivity index (χ2v) is 8.54. The Morgan fingerprint density at radius 1 is 1.04 bits per heavy atom. The maximum absolute atomic E-state index is 5.62. The molecule has 0 spiro atoms. The normalized spacial score (nSPS) is 24.6. The van der Waals surface area contributed by atoms with Gasteiger partial charge in [-0.05, 0) is 74.5 Å². The summed E-state index contributed by atoms with van der Waals surface area (Å²) in [6.45, 7) is 5.31. The lowest BCUT2D eigenvalue weighted by molar-refractivity contribution is 0.115. The van der Waals surface area contributed by atoms with E-state index in [1.54, 1.807) is 0 Å². The van der Waals surface area contributed by atoms with Gasteiger partial charge in [0, 0.05) is 30.4 Å². The molecule has 2 aromatic carbocycles. The summed E-state index contributed by atoms with van der Waals surface area (Å²) in [6, 6.07) is 19.1. The van der Waals surface area contributed by atoms with Crippen LogP contribution in [0.25, 0.3) is 0 Å². The van der Waals surface area contributed by atoms with Gasteiger partial charge >= 0.3 is 0 Å². The topological polar surface area (TPSA) is 27.3 Å². The summed E-state index contributed by atoms with van der Waals surface area (Å²) in [5, 5.41) is 7.75. The monoisotopic (exact) mass is 379 g/mol. The predicted octanol–water partition coefficient (Wildman–Crippen LogP) is 4.79. The van der Waals surface area contributed by atoms with Crippen molar-refractivity contribution in [3.63, 3.8) is 0 Å². The van der Waals surface area contributed by atoms with Gasteiger partial charge in [0.1, 0.15) is 0 Å². The SMILES string of the molecule is Cc1ccc(C)c(NC(=S)NC2C[C@H]3CC[C@@H](C2)N3Cc2ccccc2)c1. The van der Waals surface area contributed by atoms with E-state index in [9.17, 15) is 0 Å². The highest BCUT2D eigenvalue weighted by Crippen LogP contribution is 2.36. The van der Waals surface area contributed by atoms with Crippen LogP contribution < -0.4 is 10.6 Å². The van der Waals surface area contributed by atoms with E-state index < -0.39 is 0 Å². The molecule has 0 aromatic heterocycles. The van der Waals surface area contributed by atoms with Crippen molar-refractivity contribution in [1.29, 1.82) is 0 Å². The van der Waals surface area contributed by atoms with Crippen molar-refractivity contribution >= 4 is 23.0 Å². The Morgan fingerprint density at radius 2 is 1.74 bits per heavy atom. The smallest absolute Gasteiger partial charge is 0.171 e. The first-order valence-corrected chi connectivity index (χ1v) is 10.4. The van der Waals surface area contributed by atoms with Crippen LogP contribution in [0.2, 0.25) is 0 Å². The Morgan fingerprint density at radius 3 is 2.44 bits per heavy atom. The summed E-state index contributed by atoms with van der Waals surface area (Å²) in [5.74, 6) is 0. The quantitative estimate of drug-likeness (QED) is 0.747. The Hall–Kier alpha value is -1.91. The number of piperidine rings is 1. The van der Waals surface area contributed by atoms with Crippen molar-refractivity contribution in [3.05, 3.63) is 65.2 Å². The average molecular weight is 380 g/mol. The minimum Gasteiger partial charge on any atom is -0.360 e. The van der Waals surface area contributed by atoms with Crippen LogP contribution in [0, 0.1) is 13.8 Å². The van der Waals surface area contributed by atoms with Crippen LogP contribution in [0.3, 0.4) is 0 Å². The molecule has 1 unspecified atom stereocenters. The molecule has 2 heterocycles. The predicted molar refractivity (Wildman–Crippen MR) is 117 cm³/mol. The molecule has 2 aliphatic heterocycles. The van der Waals surface area contributed by atoms with E-state index in [0.717, 1.165) is 17.3 Å². The van der Waals surface area contributed by atoms with Crippen molar-refractivity contribution in [2.75, 3.05) is 5.32 Å². The molecular formula is C23H29N3S. The summed E-state index contributed by atoms with van der Waals surface area (Å²) < 4.78 is 0. The fraction of sp³-hybridized carbons (Fsp3) is 0.435. The molecule has 2 saturated heterocycles. The van der Waals surface area contributed by atoms with Crippen molar-refractivity contribution in [2.24, 2.45) is 0 Å². The molecule has 0 radical (unpaired) electrons. The summed E-state index contributed by atoms with van der Waals surface area (Å²) in [6.07, 6.45) is 4.98. The molecule has 0 aliphatic carbocycles. The fourth-order valence-corrected chi connectivity index (χ4v) is 4.94. The van der Waals surface area contributed by atoms with Crippen LogP contribution >= 0.6 is 12.2 Å². The molecular weight excluding hydrogens is 350 g/mol. The Labute approximate surface area is 168 Å². The van der Waals surface area contributed by atoms with Crippen LogP contribution in [0.15, 0.2) is 48.5 Å². The first kappa shape index (κ1) is 18.5. The van der Waals surface area contributed by atoms with E-state index in [1.807, 2.05) is 0 Å². The summed E-state index contributed by atoms with van der Waals surface area (Å²) in [5.41, 5.74) is 5.01. The highest BCUT2D eigenvalue weighted by molar-refractivity contribution is 7.80. The maximum atomic E-state index is 5.62. The van der Waals surface area contributed by atoms with Gasteiger partial charge in [0.05, 0.1) is 0 Å². The van der Waals surface area contributed by atoms with Gasteiger partial charge in [-0.15, -0.1) is 0 Å². The van der Waals surface area contributed by atoms with Gasteiger partial charge < -0.3 is 10.6 Å². The van der Waals surface area contributed by atoms with Gasteiger partial charge in [0.2, 0.25) is 0 Å². The summed E-state index contributed by atoms with van der Waals surface area (Å²) in [7, 11) is 0. The number of hydrogen-bond acceptors (Lipinski definition) is 2. The highest BCUT2D eigenvalue weighted by atomic mass is 32.1. The number of anilines is 1. The molecule has 3 nitrogen and oxygen atoms in total. The van der Waals surface area contributed by atoms with E-state index in [0.29, 0.717) is 18.1 Å². The average Bonchev–Trinajstić information content (AvgIpc) is 2.88. The lowest BCUT2D eigenvalue weighted by Gasteiger charge is -2.39. The Balaban J connectivity index is 1.34. The molecule has 3 atom stereocenters. The number of fused-ring (bicyclic) bond motifs is 2. The Kier molecular flexibility index (Phi) is 5.46. The number of nitrogens with one attached hydrogen (secondary N) is 2. The second-order valence-electron chi connectivity index (χ2n) is 8.13. The van der Waals surface area contributed by atoms with E-state index in [1.165, 1.54) is 42.4 Å². The molecule has 27 heavy (non-hydrogen) atoms. The van der Waals surface area contributed by atoms with Crippen LogP contribution in [0.1, 0.15) is 42.4 Å². The lowest BCUT2D eigenvalue weighted by atomic mass is 9.96. The summed E-state index contributed by atoms with van der Waals surface area (Å²) in [4.78, 5) is 2.72. The largest absolute Gasteiger partial charge is 0.360 e. The molecule has 2 aliphatic rings. The number of aryl methyl sites for hydroxylation is 2. The molecule has 142 valence electrons. The number of benzene rings is 2. The number of nitrogens with zero attached hydrogens (tertiary/aromatic N) is 1. The molecule has 2 bridgehead atoms. The zero-order valence-corrected chi connectivity index (χ0v) is 17.1. The summed E-state index contributed by atoms with van der Waals surface area (Å²) >= 11 is 5.62. The van der Waals surface area contributed by atoms with Crippen LogP contribution in [-0.4, -0.2) is 28.1 Å². The Bertz CT molecular complexity index is 791. The molecule has 2 aromatic rings. The number of thiocarbonyl (C=S) groups is 1. The van der Waals surface area contributed by atoms with Gasteiger partial charge in [-0.25, -0.2) is 0 Å². The lowest BCUT2D eigenvalue weighted by Crippen LogP contribution is -2.50. The van der Waals surface area contributed by atoms with E-state index in [4.69, 9.17) is 12.2 Å². The molecule has 2 N–H and O–H groups in total. The molecule has 4 rings (SSSR count). The number of rotatable bonds is 4. The molecule has 4 heteroatoms. The van der Waals surface area contributed by atoms with Crippen molar-refractivity contribution in [1.82, 2.24) is 10.2 Å². The third-order valence-corrected chi connectivity index (χ3v) is 6.29. The van der Waals surface area contributed by atoms with Crippen LogP contribution in [-0.2, 0) is 6.54 Å². The van der Waals surface area contributed by atoms with Crippen molar-refractivity contribution in [2.45, 2.75) is 64.2 Å². The molecule has 0 amide bonds. The van der Waals surface area contributed by atoms with E-state index >= 15 is 0 Å². The van der Waals surface area contributed by atoms with Gasteiger partial charge in [-0.1, -0.05) is 42.5 Å². The van der Waals surface area contributed by atoms with Crippen LogP contribution in [0.5, 0.6) is 0 Å². The zero-order valence-electron chi connectivity index (χ0n) is 16.2. The van der Waals surface area contributed by atoms with Crippen LogP contribution in [0.4, 0.5) is 5.69 Å². The number of hydrogen-bond donors (Lipinski definition) is 2.